The van der Waals surface area contributed by atoms with Crippen molar-refractivity contribution < 1.29 is 9.90 Å². The highest BCUT2D eigenvalue weighted by Gasteiger charge is 2.16. The molecule has 0 aliphatic heterocycles. The van der Waals surface area contributed by atoms with Crippen molar-refractivity contribution >= 4 is 34.8 Å². The standard InChI is InChI=1S/C13H7Cl2N3O2/c14-8-3-1-2-7(10(8)15)9-6-18-5-4-16-11(13(19)20)12(18)17-9/h1-6H,(H,19,20). The molecular weight excluding hydrogens is 301 g/mol. The first-order chi connectivity index (χ1) is 9.58. The number of aromatic nitrogens is 3. The summed E-state index contributed by atoms with van der Waals surface area (Å²) in [6.45, 7) is 0. The molecule has 1 aromatic carbocycles. The van der Waals surface area contributed by atoms with Crippen molar-refractivity contribution in [1.82, 2.24) is 14.4 Å². The lowest BCUT2D eigenvalue weighted by Gasteiger charge is -2.01. The minimum absolute atomic E-state index is 0.114. The maximum atomic E-state index is 11.1. The fourth-order valence-electron chi connectivity index (χ4n) is 1.90. The largest absolute Gasteiger partial charge is 0.476 e. The molecule has 0 saturated heterocycles. The van der Waals surface area contributed by atoms with E-state index in [2.05, 4.69) is 9.97 Å². The Kier molecular flexibility index (Phi) is 3.08. The molecule has 1 N–H and O–H groups in total. The number of aromatic carboxylic acids is 1. The van der Waals surface area contributed by atoms with Crippen LogP contribution in [0.15, 0.2) is 36.8 Å². The Labute approximate surface area is 123 Å². The molecule has 2 heterocycles. The van der Waals surface area contributed by atoms with Gasteiger partial charge in [0.2, 0.25) is 0 Å². The smallest absolute Gasteiger partial charge is 0.358 e. The molecule has 0 unspecified atom stereocenters. The van der Waals surface area contributed by atoms with E-state index in [1.54, 1.807) is 35.0 Å². The summed E-state index contributed by atoms with van der Waals surface area (Å²) in [6, 6.07) is 5.20. The first-order valence-electron chi connectivity index (χ1n) is 5.59. The molecule has 2 aromatic heterocycles. The van der Waals surface area contributed by atoms with Gasteiger partial charge in [0.25, 0.3) is 0 Å². The van der Waals surface area contributed by atoms with E-state index in [9.17, 15) is 4.79 Å². The molecule has 0 aliphatic carbocycles. The molecule has 0 bridgehead atoms. The van der Waals surface area contributed by atoms with Gasteiger partial charge in [-0.3, -0.25) is 0 Å². The molecule has 3 rings (SSSR count). The minimum atomic E-state index is -1.13. The highest BCUT2D eigenvalue weighted by molar-refractivity contribution is 6.43. The van der Waals surface area contributed by atoms with Crippen LogP contribution in [0.4, 0.5) is 0 Å². The number of nitrogens with zero attached hydrogens (tertiary/aromatic N) is 3. The second-order valence-electron chi connectivity index (χ2n) is 4.04. The van der Waals surface area contributed by atoms with Crippen LogP contribution >= 0.6 is 23.2 Å². The third kappa shape index (κ3) is 2.01. The first-order valence-corrected chi connectivity index (χ1v) is 6.35. The first kappa shape index (κ1) is 12.9. The molecule has 0 amide bonds. The van der Waals surface area contributed by atoms with Gasteiger partial charge in [0, 0.05) is 24.2 Å². The number of benzene rings is 1. The Morgan fingerprint density at radius 2 is 2.10 bits per heavy atom. The number of halogens is 2. The molecule has 0 radical (unpaired) electrons. The van der Waals surface area contributed by atoms with Crippen molar-refractivity contribution in [3.05, 3.63) is 52.5 Å². The van der Waals surface area contributed by atoms with E-state index < -0.39 is 5.97 Å². The predicted molar refractivity (Wildman–Crippen MR) is 75.4 cm³/mol. The van der Waals surface area contributed by atoms with Crippen molar-refractivity contribution in [3.63, 3.8) is 0 Å². The van der Waals surface area contributed by atoms with Gasteiger partial charge in [-0.25, -0.2) is 14.8 Å². The van der Waals surface area contributed by atoms with Crippen LogP contribution < -0.4 is 0 Å². The van der Waals surface area contributed by atoms with Crippen molar-refractivity contribution in [2.75, 3.05) is 0 Å². The van der Waals surface area contributed by atoms with Crippen molar-refractivity contribution in [3.8, 4) is 11.3 Å². The molecule has 0 fully saturated rings. The fourth-order valence-corrected chi connectivity index (χ4v) is 2.30. The lowest BCUT2D eigenvalue weighted by molar-refractivity contribution is 0.0692. The van der Waals surface area contributed by atoms with Crippen LogP contribution in [-0.2, 0) is 0 Å². The quantitative estimate of drug-likeness (QED) is 0.788. The van der Waals surface area contributed by atoms with Crippen LogP contribution in [0.2, 0.25) is 10.0 Å². The molecule has 0 aliphatic rings. The molecule has 100 valence electrons. The van der Waals surface area contributed by atoms with Gasteiger partial charge >= 0.3 is 5.97 Å². The van der Waals surface area contributed by atoms with Gasteiger partial charge < -0.3 is 9.51 Å². The van der Waals surface area contributed by atoms with Crippen LogP contribution in [0, 0.1) is 0 Å². The number of hydrogen-bond acceptors (Lipinski definition) is 3. The average Bonchev–Trinajstić information content (AvgIpc) is 2.84. The molecule has 7 heteroatoms. The van der Waals surface area contributed by atoms with Crippen LogP contribution in [0.25, 0.3) is 16.9 Å². The van der Waals surface area contributed by atoms with Crippen molar-refractivity contribution in [1.29, 1.82) is 0 Å². The third-order valence-electron chi connectivity index (χ3n) is 2.81. The number of hydrogen-bond donors (Lipinski definition) is 1. The number of carboxylic acid groups (broad SMARTS) is 1. The summed E-state index contributed by atoms with van der Waals surface area (Å²) in [5.41, 5.74) is 1.31. The topological polar surface area (TPSA) is 67.5 Å². The van der Waals surface area contributed by atoms with Crippen LogP contribution in [-0.4, -0.2) is 25.4 Å². The highest BCUT2D eigenvalue weighted by atomic mass is 35.5. The Morgan fingerprint density at radius 1 is 1.30 bits per heavy atom. The number of carbonyl (C=O) groups is 1. The maximum Gasteiger partial charge on any atom is 0.358 e. The van der Waals surface area contributed by atoms with Crippen molar-refractivity contribution in [2.45, 2.75) is 0 Å². The summed E-state index contributed by atoms with van der Waals surface area (Å²) in [4.78, 5) is 19.2. The van der Waals surface area contributed by atoms with E-state index in [-0.39, 0.29) is 11.3 Å². The van der Waals surface area contributed by atoms with E-state index in [1.165, 1.54) is 6.20 Å². The monoisotopic (exact) mass is 307 g/mol. The second-order valence-corrected chi connectivity index (χ2v) is 4.82. The molecule has 20 heavy (non-hydrogen) atoms. The van der Waals surface area contributed by atoms with Gasteiger partial charge in [-0.2, -0.15) is 0 Å². The normalized spacial score (nSPS) is 10.9. The zero-order valence-electron chi connectivity index (χ0n) is 9.92. The van der Waals surface area contributed by atoms with Gasteiger partial charge in [-0.15, -0.1) is 0 Å². The Hall–Kier alpha value is -2.11. The van der Waals surface area contributed by atoms with Crippen LogP contribution in [0.5, 0.6) is 0 Å². The summed E-state index contributed by atoms with van der Waals surface area (Å²) in [5, 5.41) is 9.89. The van der Waals surface area contributed by atoms with E-state index in [0.29, 0.717) is 21.3 Å². The van der Waals surface area contributed by atoms with E-state index in [1.807, 2.05) is 0 Å². The fraction of sp³-hybridized carbons (Fsp3) is 0. The molecule has 3 aromatic rings. The SMILES string of the molecule is O=C(O)c1nccn2cc(-c3cccc(Cl)c3Cl)nc12. The summed E-state index contributed by atoms with van der Waals surface area (Å²) in [5.74, 6) is -1.13. The summed E-state index contributed by atoms with van der Waals surface area (Å²) in [6.07, 6.45) is 4.71. The minimum Gasteiger partial charge on any atom is -0.476 e. The molecule has 5 nitrogen and oxygen atoms in total. The average molecular weight is 308 g/mol. The van der Waals surface area contributed by atoms with E-state index in [0.717, 1.165) is 0 Å². The zero-order valence-corrected chi connectivity index (χ0v) is 11.4. The van der Waals surface area contributed by atoms with Gasteiger partial charge in [0.05, 0.1) is 15.7 Å². The van der Waals surface area contributed by atoms with Gasteiger partial charge in [-0.05, 0) is 6.07 Å². The van der Waals surface area contributed by atoms with Crippen molar-refractivity contribution in [2.24, 2.45) is 0 Å². The summed E-state index contributed by atoms with van der Waals surface area (Å²) < 4.78 is 1.59. The predicted octanol–water partition coefficient (Wildman–Crippen LogP) is 3.40. The number of fused-ring (bicyclic) bond motifs is 1. The number of imidazole rings is 1. The third-order valence-corrected chi connectivity index (χ3v) is 3.62. The summed E-state index contributed by atoms with van der Waals surface area (Å²) >= 11 is 12.1. The Bertz CT molecular complexity index is 830. The van der Waals surface area contributed by atoms with Gasteiger partial charge in [0.1, 0.15) is 0 Å². The Balaban J connectivity index is 2.26. The zero-order chi connectivity index (χ0) is 14.3. The van der Waals surface area contributed by atoms with Crippen LogP contribution in [0.1, 0.15) is 10.5 Å². The second kappa shape index (κ2) is 4.77. The van der Waals surface area contributed by atoms with E-state index >= 15 is 0 Å². The number of rotatable bonds is 2. The Morgan fingerprint density at radius 3 is 2.85 bits per heavy atom. The molecule has 0 atom stereocenters. The lowest BCUT2D eigenvalue weighted by Crippen LogP contribution is -2.03. The van der Waals surface area contributed by atoms with E-state index in [4.69, 9.17) is 28.3 Å². The van der Waals surface area contributed by atoms with Gasteiger partial charge in [0.15, 0.2) is 11.3 Å². The summed E-state index contributed by atoms with van der Waals surface area (Å²) in [7, 11) is 0. The molecular formula is C13H7Cl2N3O2. The maximum absolute atomic E-state index is 11.1. The van der Waals surface area contributed by atoms with Gasteiger partial charge in [-0.1, -0.05) is 35.3 Å². The lowest BCUT2D eigenvalue weighted by atomic mass is 10.2. The highest BCUT2D eigenvalue weighted by Crippen LogP contribution is 2.33. The molecule has 0 saturated carbocycles. The molecule has 0 spiro atoms. The van der Waals surface area contributed by atoms with Crippen LogP contribution in [0.3, 0.4) is 0 Å². The number of carboxylic acids is 1.